The van der Waals surface area contributed by atoms with Gasteiger partial charge in [-0.15, -0.1) is 0 Å². The number of fused-ring (bicyclic) bond motifs is 2. The van der Waals surface area contributed by atoms with E-state index in [0.717, 1.165) is 24.8 Å². The molecule has 4 heteroatoms. The van der Waals surface area contributed by atoms with Crippen molar-refractivity contribution in [3.63, 3.8) is 0 Å². The summed E-state index contributed by atoms with van der Waals surface area (Å²) in [5.41, 5.74) is 0.893. The first-order valence-corrected chi connectivity index (χ1v) is 6.32. The van der Waals surface area contributed by atoms with Crippen LogP contribution in [-0.2, 0) is 0 Å². The number of hydrogen-bond donors (Lipinski definition) is 0. The Morgan fingerprint density at radius 3 is 2.24 bits per heavy atom. The highest BCUT2D eigenvalue weighted by Crippen LogP contribution is 2.63. The second-order valence-corrected chi connectivity index (χ2v) is 5.47. The van der Waals surface area contributed by atoms with Crippen LogP contribution in [0.1, 0.15) is 30.7 Å². The van der Waals surface area contributed by atoms with Crippen molar-refractivity contribution in [1.29, 1.82) is 0 Å². The molecule has 92 valence electrons. The molecule has 2 bridgehead atoms. The van der Waals surface area contributed by atoms with E-state index in [0.29, 0.717) is 0 Å². The van der Waals surface area contributed by atoms with Gasteiger partial charge in [-0.2, -0.15) is 0 Å². The van der Waals surface area contributed by atoms with E-state index in [9.17, 15) is 12.9 Å². The predicted octanol–water partition coefficient (Wildman–Crippen LogP) is 4.42. The Balaban J connectivity index is 1.97. The van der Waals surface area contributed by atoms with Crippen LogP contribution in [0.25, 0.3) is 0 Å². The lowest BCUT2D eigenvalue weighted by Gasteiger charge is -2.38. The summed E-state index contributed by atoms with van der Waals surface area (Å²) in [6.07, 6.45) is 2.54. The van der Waals surface area contributed by atoms with Crippen molar-refractivity contribution in [2.45, 2.75) is 31.0 Å². The molecule has 0 spiro atoms. The molecule has 0 aliphatic heterocycles. The zero-order valence-electron chi connectivity index (χ0n) is 9.53. The fraction of sp³-hybridized carbons (Fsp3) is 0.538. The molecule has 0 saturated heterocycles. The number of benzene rings is 1. The van der Waals surface area contributed by atoms with Gasteiger partial charge in [0.05, 0.1) is 0 Å². The molecule has 2 fully saturated rings. The summed E-state index contributed by atoms with van der Waals surface area (Å²) < 4.78 is 39.6. The van der Waals surface area contributed by atoms with Crippen molar-refractivity contribution in [1.82, 2.24) is 0 Å². The smallest absolute Gasteiger partial charge is 0.449 e. The van der Waals surface area contributed by atoms with E-state index in [4.69, 9.17) is 0 Å². The molecule has 0 nitrogen and oxygen atoms in total. The molecule has 17 heavy (non-hydrogen) atoms. The highest BCUT2D eigenvalue weighted by atomic mass is 19.4. The molecular formula is C13H15BF3-. The number of hydrogen-bond acceptors (Lipinski definition) is 0. The zero-order chi connectivity index (χ0) is 12.0. The standard InChI is InChI=1S/C13H15BF3/c15-14(16,17)13-11-7-6-10(8-11)12(13)9-4-2-1-3-5-9/h1-5,10-13H,6-8H2/q-1/t10-,11-,12-,13-/m0/s1. The summed E-state index contributed by atoms with van der Waals surface area (Å²) in [7, 11) is 0. The summed E-state index contributed by atoms with van der Waals surface area (Å²) in [6.45, 7) is -4.71. The van der Waals surface area contributed by atoms with Gasteiger partial charge in [0.15, 0.2) is 0 Å². The summed E-state index contributed by atoms with van der Waals surface area (Å²) in [4.78, 5) is 0. The van der Waals surface area contributed by atoms with Gasteiger partial charge in [0.1, 0.15) is 0 Å². The van der Waals surface area contributed by atoms with Gasteiger partial charge in [0.25, 0.3) is 0 Å². The van der Waals surface area contributed by atoms with E-state index < -0.39 is 12.8 Å². The van der Waals surface area contributed by atoms with E-state index in [1.807, 2.05) is 30.3 Å². The van der Waals surface area contributed by atoms with Crippen molar-refractivity contribution < 1.29 is 12.9 Å². The van der Waals surface area contributed by atoms with Gasteiger partial charge in [-0.3, -0.25) is 0 Å². The lowest BCUT2D eigenvalue weighted by molar-refractivity contribution is 0.332. The molecule has 0 heterocycles. The molecule has 2 aliphatic rings. The van der Waals surface area contributed by atoms with Crippen LogP contribution in [0.5, 0.6) is 0 Å². The maximum absolute atomic E-state index is 13.2. The Labute approximate surface area is 99.3 Å². The van der Waals surface area contributed by atoms with E-state index in [-0.39, 0.29) is 17.8 Å². The van der Waals surface area contributed by atoms with Crippen molar-refractivity contribution >= 4 is 6.98 Å². The minimum atomic E-state index is -4.71. The van der Waals surface area contributed by atoms with Crippen LogP contribution in [0.4, 0.5) is 12.9 Å². The normalized spacial score (nSPS) is 36.4. The lowest BCUT2D eigenvalue weighted by atomic mass is 9.58. The Hall–Kier alpha value is -0.925. The van der Waals surface area contributed by atoms with E-state index >= 15 is 0 Å². The van der Waals surface area contributed by atoms with Crippen LogP contribution < -0.4 is 0 Å². The second kappa shape index (κ2) is 3.79. The Morgan fingerprint density at radius 2 is 1.59 bits per heavy atom. The molecule has 2 aliphatic carbocycles. The van der Waals surface area contributed by atoms with Gasteiger partial charge in [-0.1, -0.05) is 48.5 Å². The highest BCUT2D eigenvalue weighted by Gasteiger charge is 2.55. The Morgan fingerprint density at radius 1 is 0.941 bits per heavy atom. The molecule has 0 aromatic heterocycles. The van der Waals surface area contributed by atoms with Gasteiger partial charge in [-0.25, -0.2) is 0 Å². The molecule has 1 aromatic rings. The zero-order valence-corrected chi connectivity index (χ0v) is 9.53. The third-order valence-corrected chi connectivity index (χ3v) is 4.60. The van der Waals surface area contributed by atoms with E-state index in [1.54, 1.807) is 0 Å². The molecule has 0 amide bonds. The highest BCUT2D eigenvalue weighted by molar-refractivity contribution is 6.60. The average molecular weight is 239 g/mol. The van der Waals surface area contributed by atoms with Crippen molar-refractivity contribution in [2.75, 3.05) is 0 Å². The van der Waals surface area contributed by atoms with Crippen molar-refractivity contribution in [2.24, 2.45) is 11.8 Å². The van der Waals surface area contributed by atoms with Crippen molar-refractivity contribution in [3.8, 4) is 0 Å². The first-order chi connectivity index (χ1) is 8.07. The first kappa shape index (κ1) is 11.2. The molecule has 1 aromatic carbocycles. The third kappa shape index (κ3) is 1.78. The van der Waals surface area contributed by atoms with Gasteiger partial charge in [0, 0.05) is 0 Å². The Bertz CT molecular complexity index is 401. The fourth-order valence-corrected chi connectivity index (χ4v) is 4.05. The van der Waals surface area contributed by atoms with Crippen LogP contribution in [-0.4, -0.2) is 6.98 Å². The maximum Gasteiger partial charge on any atom is 0.482 e. The van der Waals surface area contributed by atoms with Crippen LogP contribution in [0.2, 0.25) is 5.82 Å². The molecular weight excluding hydrogens is 224 g/mol. The van der Waals surface area contributed by atoms with Gasteiger partial charge in [0.2, 0.25) is 0 Å². The number of halogens is 3. The fourth-order valence-electron chi connectivity index (χ4n) is 4.05. The summed E-state index contributed by atoms with van der Waals surface area (Å²) in [5.74, 6) is -1.16. The van der Waals surface area contributed by atoms with Gasteiger partial charge >= 0.3 is 6.98 Å². The average Bonchev–Trinajstić information content (AvgIpc) is 2.88. The van der Waals surface area contributed by atoms with Crippen LogP contribution >= 0.6 is 0 Å². The first-order valence-electron chi connectivity index (χ1n) is 6.32. The summed E-state index contributed by atoms with van der Waals surface area (Å²) in [6, 6.07) is 9.29. The predicted molar refractivity (Wildman–Crippen MR) is 62.8 cm³/mol. The maximum atomic E-state index is 13.2. The number of rotatable bonds is 2. The van der Waals surface area contributed by atoms with Gasteiger partial charge < -0.3 is 12.9 Å². The largest absolute Gasteiger partial charge is 0.482 e. The summed E-state index contributed by atoms with van der Waals surface area (Å²) >= 11 is 0. The molecule has 0 radical (unpaired) electrons. The molecule has 4 atom stereocenters. The quantitative estimate of drug-likeness (QED) is 0.670. The topological polar surface area (TPSA) is 0 Å². The van der Waals surface area contributed by atoms with Crippen LogP contribution in [0.3, 0.4) is 0 Å². The Kier molecular flexibility index (Phi) is 2.49. The third-order valence-electron chi connectivity index (χ3n) is 4.60. The van der Waals surface area contributed by atoms with Crippen LogP contribution in [0.15, 0.2) is 30.3 Å². The van der Waals surface area contributed by atoms with Gasteiger partial charge in [-0.05, 0) is 30.2 Å². The van der Waals surface area contributed by atoms with E-state index in [1.165, 1.54) is 0 Å². The van der Waals surface area contributed by atoms with Crippen LogP contribution in [0, 0.1) is 11.8 Å². The molecule has 0 N–H and O–H groups in total. The lowest BCUT2D eigenvalue weighted by Crippen LogP contribution is -2.33. The monoisotopic (exact) mass is 239 g/mol. The molecule has 3 rings (SSSR count). The minimum absolute atomic E-state index is 0.106. The second-order valence-electron chi connectivity index (χ2n) is 5.47. The van der Waals surface area contributed by atoms with E-state index in [2.05, 4.69) is 0 Å². The summed E-state index contributed by atoms with van der Waals surface area (Å²) in [5, 5.41) is 0. The van der Waals surface area contributed by atoms with Crippen molar-refractivity contribution in [3.05, 3.63) is 35.9 Å². The minimum Gasteiger partial charge on any atom is -0.449 e. The molecule has 2 saturated carbocycles. The SMILES string of the molecule is F[B-](F)(F)[C@H]1[C@H]2CC[C@@H](C2)[C@@H]1c1ccccc1. The molecule has 0 unspecified atom stereocenters.